The molecule has 3 saturated heterocycles. The quantitative estimate of drug-likeness (QED) is 0.170. The SMILES string of the molecule is CC[C@H]1OC(=O)[C@H](C)C([C@H]2C[C@@](C)(OC)[C@@H](O)[C@H](C)O2)[C@H](C)[C@@H](O[C@@H]2O[C@H](C)C[C@H](N(C)CCCc3cn(Cc4ccc(S(N)(=O)=O)cc4)nn3)[C@H]2O)[C@](C)(OC)C[C@@H](C)C(=O)[C@H](C)[C@@H](O)[C@]1(C)O. The van der Waals surface area contributed by atoms with Gasteiger partial charge in [-0.25, -0.2) is 18.2 Å². The number of Topliss-reactive ketones (excluding diaryl/α,β-unsaturated/α-hetero) is 1. The van der Waals surface area contributed by atoms with E-state index in [2.05, 4.69) is 15.2 Å². The van der Waals surface area contributed by atoms with Gasteiger partial charge in [-0.3, -0.25) is 9.59 Å². The van der Waals surface area contributed by atoms with Crippen LogP contribution in [-0.2, 0) is 61.0 Å². The number of primary sulfonamides is 1. The van der Waals surface area contributed by atoms with Crippen LogP contribution >= 0.6 is 0 Å². The molecule has 6 N–H and O–H groups in total. The van der Waals surface area contributed by atoms with Crippen LogP contribution in [0.4, 0.5) is 0 Å². The van der Waals surface area contributed by atoms with Crippen molar-refractivity contribution >= 4 is 21.8 Å². The van der Waals surface area contributed by atoms with E-state index >= 15 is 0 Å². The van der Waals surface area contributed by atoms with Gasteiger partial charge in [-0.1, -0.05) is 52.0 Å². The molecule has 69 heavy (non-hydrogen) atoms. The highest BCUT2D eigenvalue weighted by molar-refractivity contribution is 7.89. The number of likely N-dealkylation sites (N-methyl/N-ethyl adjacent to an activating group) is 1. The largest absolute Gasteiger partial charge is 0.459 e. The van der Waals surface area contributed by atoms with E-state index in [9.17, 15) is 38.4 Å². The first-order valence-corrected chi connectivity index (χ1v) is 25.9. The van der Waals surface area contributed by atoms with Gasteiger partial charge in [0.2, 0.25) is 10.0 Å². The number of aromatic nitrogens is 3. The minimum absolute atomic E-state index is 0.0296. The first-order chi connectivity index (χ1) is 32.1. The highest BCUT2D eigenvalue weighted by atomic mass is 32.2. The van der Waals surface area contributed by atoms with E-state index in [0.717, 1.165) is 11.3 Å². The molecule has 1 unspecified atom stereocenters. The lowest BCUT2D eigenvalue weighted by molar-refractivity contribution is -0.305. The fraction of sp³-hybridized carbons (Fsp3) is 0.796. The minimum Gasteiger partial charge on any atom is -0.459 e. The lowest BCUT2D eigenvalue weighted by Gasteiger charge is -2.52. The molecule has 0 spiro atoms. The van der Waals surface area contributed by atoms with Crippen LogP contribution in [0.5, 0.6) is 0 Å². The predicted octanol–water partition coefficient (Wildman–Crippen LogP) is 3.00. The molecule has 3 aliphatic rings. The van der Waals surface area contributed by atoms with Crippen molar-refractivity contribution in [3.8, 4) is 0 Å². The van der Waals surface area contributed by atoms with E-state index < -0.39 is 117 Å². The molecule has 4 heterocycles. The molecule has 3 fully saturated rings. The Morgan fingerprint density at radius 2 is 1.57 bits per heavy atom. The molecule has 5 rings (SSSR count). The number of esters is 1. The summed E-state index contributed by atoms with van der Waals surface area (Å²) in [6, 6.07) is 5.86. The molecule has 20 heteroatoms. The number of aliphatic hydroxyl groups is 4. The van der Waals surface area contributed by atoms with Gasteiger partial charge in [0.1, 0.15) is 29.7 Å². The number of cyclic esters (lactones) is 1. The lowest BCUT2D eigenvalue weighted by Crippen LogP contribution is -2.62. The maximum Gasteiger partial charge on any atom is 0.309 e. The third-order valence-corrected chi connectivity index (χ3v) is 16.6. The molecular weight excluding hydrogens is 915 g/mol. The molecule has 0 amide bonds. The Hall–Kier alpha value is -2.99. The van der Waals surface area contributed by atoms with E-state index in [1.165, 1.54) is 33.3 Å². The highest BCUT2D eigenvalue weighted by Gasteiger charge is 2.56. The maximum absolute atomic E-state index is 14.6. The molecule has 18 atom stereocenters. The Balaban J connectivity index is 1.44. The van der Waals surface area contributed by atoms with Crippen LogP contribution < -0.4 is 5.14 Å². The summed E-state index contributed by atoms with van der Waals surface area (Å²) in [5.41, 5.74) is -2.75. The monoisotopic (exact) mass is 996 g/mol. The summed E-state index contributed by atoms with van der Waals surface area (Å²) in [6.07, 6.45) is -4.83. The standard InChI is InChI=1S/C49H81N5O14S/c1-14-38-49(10,60)42(57)31(6)40(55)27(2)23-48(9,64-13)44(29(4)39(30(5)45(59)67-38)37-24-47(8,63-12)43(58)32(7)66-37)68-46-41(56)36(22-28(3)65-46)53(11)21-15-16-34-26-54(52-51-34)25-33-17-19-35(20-18-33)69(50,61)62/h17-20,26-32,36-39,41-44,46,56-58,60H,14-16,21-25H2,1-13H3,(H2,50,61,62)/t27-,28-,29+,30-,31+,32+,36+,37-,38-,39?,41-,42-,43+,44-,46+,47-,48-,49-/m1/s1. The molecule has 0 radical (unpaired) electrons. The predicted molar refractivity (Wildman–Crippen MR) is 254 cm³/mol. The summed E-state index contributed by atoms with van der Waals surface area (Å²) < 4.78 is 63.6. The maximum atomic E-state index is 14.6. The van der Waals surface area contributed by atoms with Gasteiger partial charge in [0, 0.05) is 50.6 Å². The van der Waals surface area contributed by atoms with Gasteiger partial charge in [-0.15, -0.1) is 5.10 Å². The zero-order valence-corrected chi connectivity index (χ0v) is 43.7. The van der Waals surface area contributed by atoms with Gasteiger partial charge >= 0.3 is 5.97 Å². The number of aryl methyl sites for hydroxylation is 1. The highest BCUT2D eigenvalue weighted by Crippen LogP contribution is 2.46. The molecule has 0 saturated carbocycles. The molecule has 1 aromatic carbocycles. The second kappa shape index (κ2) is 22.8. The number of ether oxygens (including phenoxy) is 6. The van der Waals surface area contributed by atoms with Crippen LogP contribution in [0.1, 0.15) is 113 Å². The zero-order valence-electron chi connectivity index (χ0n) is 42.8. The average molecular weight is 996 g/mol. The lowest BCUT2D eigenvalue weighted by atomic mass is 9.67. The van der Waals surface area contributed by atoms with Crippen molar-refractivity contribution in [1.82, 2.24) is 19.9 Å². The van der Waals surface area contributed by atoms with Crippen molar-refractivity contribution in [2.45, 2.75) is 197 Å². The van der Waals surface area contributed by atoms with E-state index in [0.29, 0.717) is 32.4 Å². The molecule has 2 aromatic rings. The van der Waals surface area contributed by atoms with Crippen molar-refractivity contribution in [3.63, 3.8) is 0 Å². The van der Waals surface area contributed by atoms with Crippen LogP contribution in [-0.4, -0.2) is 166 Å². The van der Waals surface area contributed by atoms with Crippen LogP contribution in [0.2, 0.25) is 0 Å². The first-order valence-electron chi connectivity index (χ1n) is 24.4. The van der Waals surface area contributed by atoms with Crippen molar-refractivity contribution in [3.05, 3.63) is 41.7 Å². The fourth-order valence-corrected chi connectivity index (χ4v) is 11.7. The first kappa shape index (κ1) is 56.9. The number of benzene rings is 1. The van der Waals surface area contributed by atoms with Gasteiger partial charge in [0.25, 0.3) is 0 Å². The van der Waals surface area contributed by atoms with Gasteiger partial charge in [0.15, 0.2) is 6.29 Å². The normalized spacial score (nSPS) is 40.1. The van der Waals surface area contributed by atoms with Gasteiger partial charge in [0.05, 0.1) is 64.8 Å². The average Bonchev–Trinajstić information content (AvgIpc) is 3.74. The number of ketones is 1. The fourth-order valence-electron chi connectivity index (χ4n) is 11.2. The second-order valence-corrected chi connectivity index (χ2v) is 22.5. The van der Waals surface area contributed by atoms with Gasteiger partial charge in [-0.05, 0) is 104 Å². The van der Waals surface area contributed by atoms with Crippen LogP contribution in [0.25, 0.3) is 0 Å². The Morgan fingerprint density at radius 1 is 0.928 bits per heavy atom. The topological polar surface area (TPSA) is 265 Å². The summed E-state index contributed by atoms with van der Waals surface area (Å²) in [5.74, 6) is -5.10. The number of hydrogen-bond donors (Lipinski definition) is 5. The third-order valence-electron chi connectivity index (χ3n) is 15.6. The minimum atomic E-state index is -3.80. The van der Waals surface area contributed by atoms with Crippen molar-refractivity contribution in [1.29, 1.82) is 0 Å². The Bertz CT molecular complexity index is 2130. The summed E-state index contributed by atoms with van der Waals surface area (Å²) in [7, 11) is 1.18. The summed E-state index contributed by atoms with van der Waals surface area (Å²) in [4.78, 5) is 30.9. The third kappa shape index (κ3) is 12.8. The number of carbonyl (C=O) groups excluding carboxylic acids is 2. The van der Waals surface area contributed by atoms with E-state index in [4.69, 9.17) is 33.6 Å². The molecule has 3 aliphatic heterocycles. The van der Waals surface area contributed by atoms with E-state index in [-0.39, 0.29) is 36.0 Å². The summed E-state index contributed by atoms with van der Waals surface area (Å²) in [6.45, 7) is 18.3. The smallest absolute Gasteiger partial charge is 0.309 e. The molecule has 0 aliphatic carbocycles. The second-order valence-electron chi connectivity index (χ2n) is 20.9. The number of aliphatic hydroxyl groups excluding tert-OH is 3. The van der Waals surface area contributed by atoms with E-state index in [1.54, 1.807) is 58.4 Å². The van der Waals surface area contributed by atoms with Gasteiger partial charge in [-0.2, -0.15) is 0 Å². The summed E-state index contributed by atoms with van der Waals surface area (Å²) >= 11 is 0. The van der Waals surface area contributed by atoms with Crippen LogP contribution in [0, 0.1) is 29.6 Å². The molecule has 392 valence electrons. The van der Waals surface area contributed by atoms with Crippen LogP contribution in [0.3, 0.4) is 0 Å². The summed E-state index contributed by atoms with van der Waals surface area (Å²) in [5, 5.41) is 60.8. The Morgan fingerprint density at radius 3 is 2.16 bits per heavy atom. The Labute approximate surface area is 408 Å². The Kier molecular flexibility index (Phi) is 18.8. The number of carbonyl (C=O) groups is 2. The van der Waals surface area contributed by atoms with Crippen molar-refractivity contribution in [2.24, 2.45) is 34.7 Å². The number of nitrogens with two attached hydrogens (primary N) is 1. The van der Waals surface area contributed by atoms with Crippen molar-refractivity contribution in [2.75, 3.05) is 27.8 Å². The van der Waals surface area contributed by atoms with Crippen molar-refractivity contribution < 1.29 is 66.9 Å². The van der Waals surface area contributed by atoms with Crippen LogP contribution in [0.15, 0.2) is 35.4 Å². The molecule has 19 nitrogen and oxygen atoms in total. The zero-order chi connectivity index (χ0) is 51.6. The number of nitrogens with zero attached hydrogens (tertiary/aromatic N) is 4. The number of methoxy groups -OCH3 is 2. The molecular formula is C49H81N5O14S. The van der Waals surface area contributed by atoms with Gasteiger partial charge < -0.3 is 53.7 Å². The molecule has 0 bridgehead atoms. The molecule has 1 aromatic heterocycles. The number of sulfonamides is 1. The van der Waals surface area contributed by atoms with E-state index in [1.807, 2.05) is 34.0 Å². The number of hydrogen-bond acceptors (Lipinski definition) is 17. The number of rotatable bonds is 14.